The molecule has 0 unspecified atom stereocenters. The number of likely N-dealkylation sites (tertiary alicyclic amines) is 1. The smallest absolute Gasteiger partial charge is 0.352 e. The van der Waals surface area contributed by atoms with E-state index in [2.05, 4.69) is 41.8 Å². The number of benzene rings is 3. The highest BCUT2D eigenvalue weighted by Crippen LogP contribution is 2.25. The molecule has 0 radical (unpaired) electrons. The molecule has 55 heavy (non-hydrogen) atoms. The van der Waals surface area contributed by atoms with Crippen LogP contribution in [0.15, 0.2) is 73.1 Å². The molecule has 19 heteroatoms. The number of tetrazole rings is 1. The fraction of sp³-hybridized carbons (Fsp3) is 0.278. The van der Waals surface area contributed by atoms with Crippen molar-refractivity contribution in [3.8, 4) is 5.69 Å². The van der Waals surface area contributed by atoms with E-state index in [0.717, 1.165) is 0 Å². The van der Waals surface area contributed by atoms with Crippen LogP contribution in [-0.4, -0.2) is 110 Å². The molecular formula is C36H37ClN10O8. The zero-order valence-corrected chi connectivity index (χ0v) is 30.2. The molecule has 1 atom stereocenters. The lowest BCUT2D eigenvalue weighted by atomic mass is 10.0. The maximum Gasteiger partial charge on any atom is 0.352 e. The molecule has 5 aromatic rings. The average molecular weight is 773 g/mol. The van der Waals surface area contributed by atoms with E-state index in [0.29, 0.717) is 72.7 Å². The molecule has 6 rings (SSSR count). The minimum absolute atomic E-state index is 0.0231. The summed E-state index contributed by atoms with van der Waals surface area (Å²) in [7, 11) is 1.62. The van der Waals surface area contributed by atoms with Crippen LogP contribution in [0.5, 0.6) is 0 Å². The molecule has 286 valence electrons. The number of rotatable bonds is 13. The number of anilines is 3. The highest BCUT2D eigenvalue weighted by Gasteiger charge is 2.27. The fourth-order valence-electron chi connectivity index (χ4n) is 5.93. The van der Waals surface area contributed by atoms with Gasteiger partial charge in [0.2, 0.25) is 5.91 Å². The first kappa shape index (κ1) is 38.4. The van der Waals surface area contributed by atoms with Crippen molar-refractivity contribution in [2.75, 3.05) is 49.4 Å². The number of piperidine rings is 1. The van der Waals surface area contributed by atoms with Crippen molar-refractivity contribution in [2.45, 2.75) is 31.4 Å². The van der Waals surface area contributed by atoms with Gasteiger partial charge in [0.25, 0.3) is 0 Å². The number of H-pyrrole nitrogens is 1. The topological polar surface area (TPSA) is 235 Å². The molecule has 6 N–H and O–H groups in total. The molecule has 5 amide bonds. The molecule has 1 fully saturated rings. The Balaban J connectivity index is 1.14. The van der Waals surface area contributed by atoms with Crippen LogP contribution in [0.25, 0.3) is 16.6 Å². The van der Waals surface area contributed by atoms with Crippen LogP contribution in [0.4, 0.5) is 21.9 Å². The number of nitrogens with zero attached hydrogens (tertiary/aromatic N) is 5. The SMILES string of the molecule is COCCOC1CCN(C(=O)Nc2ccc(C[C@H](NC(=O)C(=O)Nc3cc(Cl)ccc3-n3cnnn3)C(=O)Nc3ccc4[nH]c(C(=O)O)cc4c3)cc2)CC1. The summed E-state index contributed by atoms with van der Waals surface area (Å²) >= 11 is 6.16. The zero-order valence-electron chi connectivity index (χ0n) is 29.5. The lowest BCUT2D eigenvalue weighted by Gasteiger charge is -2.32. The summed E-state index contributed by atoms with van der Waals surface area (Å²) in [6.07, 6.45) is 2.75. The minimum Gasteiger partial charge on any atom is -0.477 e. The normalized spacial score (nSPS) is 13.6. The van der Waals surface area contributed by atoms with Gasteiger partial charge < -0.3 is 45.7 Å². The molecule has 18 nitrogen and oxygen atoms in total. The van der Waals surface area contributed by atoms with Crippen molar-refractivity contribution in [1.29, 1.82) is 0 Å². The summed E-state index contributed by atoms with van der Waals surface area (Å²) in [5.74, 6) is -4.00. The third-order valence-electron chi connectivity index (χ3n) is 8.76. The predicted molar refractivity (Wildman–Crippen MR) is 200 cm³/mol. The third-order valence-corrected chi connectivity index (χ3v) is 9.00. The number of ether oxygens (including phenoxy) is 2. The first-order chi connectivity index (χ1) is 26.6. The van der Waals surface area contributed by atoms with Gasteiger partial charge in [0.15, 0.2) is 0 Å². The van der Waals surface area contributed by atoms with Gasteiger partial charge in [0.1, 0.15) is 18.1 Å². The summed E-state index contributed by atoms with van der Waals surface area (Å²) in [5, 5.41) is 31.8. The van der Waals surface area contributed by atoms with E-state index in [9.17, 15) is 29.1 Å². The molecule has 0 spiro atoms. The number of aromatic nitrogens is 5. The predicted octanol–water partition coefficient (Wildman–Crippen LogP) is 3.46. The molecule has 0 saturated carbocycles. The largest absolute Gasteiger partial charge is 0.477 e. The molecule has 1 aliphatic heterocycles. The van der Waals surface area contributed by atoms with Gasteiger partial charge in [-0.15, -0.1) is 5.10 Å². The van der Waals surface area contributed by atoms with Crippen LogP contribution in [0.2, 0.25) is 5.02 Å². The number of hydrogen-bond acceptors (Lipinski definition) is 10. The maximum atomic E-state index is 13.7. The molecule has 1 saturated heterocycles. The standard InChI is InChI=1S/C36H37ClN10O8/c1-54-14-15-55-26-10-12-46(13-11-26)36(53)40-24-5-2-21(3-6-24)16-29(32(48)39-25-7-8-27-22(17-25)18-30(41-27)35(51)52)43-34(50)33(49)42-28-19-23(37)4-9-31(28)47-20-38-44-45-47/h2-9,17-20,26,29,41H,10-16H2,1H3,(H,39,48)(H,40,53)(H,42,49)(H,43,50)(H,51,52)/t29-/m0/s1. The summed E-state index contributed by atoms with van der Waals surface area (Å²) in [6, 6.07) is 15.9. The van der Waals surface area contributed by atoms with Crippen LogP contribution in [0.1, 0.15) is 28.9 Å². The number of urea groups is 1. The van der Waals surface area contributed by atoms with Gasteiger partial charge in [-0.05, 0) is 83.4 Å². The number of carbonyl (C=O) groups excluding carboxylic acids is 4. The van der Waals surface area contributed by atoms with Gasteiger partial charge in [0, 0.05) is 53.9 Å². The van der Waals surface area contributed by atoms with Crippen molar-refractivity contribution in [3.63, 3.8) is 0 Å². The number of carbonyl (C=O) groups is 5. The number of aromatic amines is 1. The number of hydrogen-bond donors (Lipinski definition) is 6. The second kappa shape index (κ2) is 17.6. The molecule has 1 aliphatic rings. The van der Waals surface area contributed by atoms with Crippen LogP contribution >= 0.6 is 11.6 Å². The highest BCUT2D eigenvalue weighted by atomic mass is 35.5. The molecular weight excluding hydrogens is 736 g/mol. The van der Waals surface area contributed by atoms with Crippen LogP contribution < -0.4 is 21.3 Å². The highest BCUT2D eigenvalue weighted by molar-refractivity contribution is 6.40. The number of carboxylic acids is 1. The number of carboxylic acid groups (broad SMARTS) is 1. The zero-order chi connectivity index (χ0) is 38.9. The average Bonchev–Trinajstić information content (AvgIpc) is 3.87. The number of halogens is 1. The molecule has 0 aliphatic carbocycles. The molecule has 2 aromatic heterocycles. The summed E-state index contributed by atoms with van der Waals surface area (Å²) in [5.41, 5.74) is 2.45. The van der Waals surface area contributed by atoms with Crippen LogP contribution in [0, 0.1) is 0 Å². The summed E-state index contributed by atoms with van der Waals surface area (Å²) in [6.45, 7) is 2.10. The molecule has 0 bridgehead atoms. The first-order valence-corrected chi connectivity index (χ1v) is 17.5. The van der Waals surface area contributed by atoms with E-state index in [1.807, 2.05) is 0 Å². The van der Waals surface area contributed by atoms with Gasteiger partial charge >= 0.3 is 23.8 Å². The van der Waals surface area contributed by atoms with Crippen molar-refractivity contribution in [2.24, 2.45) is 0 Å². The molecule has 3 heterocycles. The van der Waals surface area contributed by atoms with Gasteiger partial charge in [-0.2, -0.15) is 4.68 Å². The Hall–Kier alpha value is -6.37. The van der Waals surface area contributed by atoms with Gasteiger partial charge in [-0.1, -0.05) is 23.7 Å². The fourth-order valence-corrected chi connectivity index (χ4v) is 6.11. The van der Waals surface area contributed by atoms with Crippen molar-refractivity contribution >= 4 is 69.3 Å². The third kappa shape index (κ3) is 9.99. The van der Waals surface area contributed by atoms with Crippen LogP contribution in [0.3, 0.4) is 0 Å². The Morgan fingerprint density at radius 1 is 0.927 bits per heavy atom. The number of aromatic carboxylic acids is 1. The van der Waals surface area contributed by atoms with E-state index < -0.39 is 29.7 Å². The number of amides is 5. The minimum atomic E-state index is -1.26. The second-order valence-corrected chi connectivity index (χ2v) is 13.0. The number of methoxy groups -OCH3 is 1. The Morgan fingerprint density at radius 3 is 2.40 bits per heavy atom. The van der Waals surface area contributed by atoms with Crippen LogP contribution in [-0.2, 0) is 30.3 Å². The van der Waals surface area contributed by atoms with E-state index in [4.69, 9.17) is 21.1 Å². The summed E-state index contributed by atoms with van der Waals surface area (Å²) in [4.78, 5) is 69.2. The van der Waals surface area contributed by atoms with Gasteiger partial charge in [-0.3, -0.25) is 14.4 Å². The van der Waals surface area contributed by atoms with Crippen molar-refractivity contribution < 1.29 is 38.6 Å². The van der Waals surface area contributed by atoms with Gasteiger partial charge in [0.05, 0.1) is 30.7 Å². The Bertz CT molecular complexity index is 2170. The number of fused-ring (bicyclic) bond motifs is 1. The quantitative estimate of drug-likeness (QED) is 0.0749. The van der Waals surface area contributed by atoms with Crippen molar-refractivity contribution in [3.05, 3.63) is 89.3 Å². The van der Waals surface area contributed by atoms with E-state index in [-0.39, 0.29) is 35.0 Å². The second-order valence-electron chi connectivity index (χ2n) is 12.6. The maximum absolute atomic E-state index is 13.7. The summed E-state index contributed by atoms with van der Waals surface area (Å²) < 4.78 is 12.1. The Kier molecular flexibility index (Phi) is 12.3. The molecule has 3 aromatic carbocycles. The van der Waals surface area contributed by atoms with Crippen molar-refractivity contribution in [1.82, 2.24) is 35.4 Å². The van der Waals surface area contributed by atoms with E-state index >= 15 is 0 Å². The Morgan fingerprint density at radius 2 is 1.69 bits per heavy atom. The monoisotopic (exact) mass is 772 g/mol. The Labute approximate surface area is 318 Å². The lowest BCUT2D eigenvalue weighted by molar-refractivity contribution is -0.137. The first-order valence-electron chi connectivity index (χ1n) is 17.1. The number of nitrogens with one attached hydrogen (secondary N) is 5. The van der Waals surface area contributed by atoms with Gasteiger partial charge in [-0.25, -0.2) is 9.59 Å². The van der Waals surface area contributed by atoms with E-state index in [1.54, 1.807) is 66.6 Å². The van der Waals surface area contributed by atoms with E-state index in [1.165, 1.54) is 23.1 Å². The lowest BCUT2D eigenvalue weighted by Crippen LogP contribution is -2.49.